The van der Waals surface area contributed by atoms with Crippen LogP contribution in [-0.2, 0) is 0 Å². The van der Waals surface area contributed by atoms with Gasteiger partial charge in [0, 0.05) is 36.3 Å². The van der Waals surface area contributed by atoms with E-state index in [1.807, 2.05) is 37.3 Å². The van der Waals surface area contributed by atoms with E-state index in [2.05, 4.69) is 30.6 Å². The quantitative estimate of drug-likeness (QED) is 0.526. The average Bonchev–Trinajstić information content (AvgIpc) is 3.10. The van der Waals surface area contributed by atoms with Crippen molar-refractivity contribution in [3.05, 3.63) is 48.9 Å². The van der Waals surface area contributed by atoms with Gasteiger partial charge in [0.05, 0.1) is 21.6 Å². The number of thiazole rings is 1. The SMILES string of the molecule is [B]c1ncc(-c2cc(-c3ccccn3)c3sc(NC(=O)NCC)nc3c2)cn1. The van der Waals surface area contributed by atoms with Crippen molar-refractivity contribution in [1.29, 1.82) is 0 Å². The van der Waals surface area contributed by atoms with E-state index in [-0.39, 0.29) is 11.8 Å². The number of carbonyl (C=O) groups excluding carboxylic acids is 1. The van der Waals surface area contributed by atoms with E-state index in [4.69, 9.17) is 7.85 Å². The van der Waals surface area contributed by atoms with Crippen LogP contribution in [0.4, 0.5) is 9.93 Å². The zero-order chi connectivity index (χ0) is 19.5. The summed E-state index contributed by atoms with van der Waals surface area (Å²) in [7, 11) is 5.60. The topological polar surface area (TPSA) is 92.7 Å². The molecule has 7 nitrogen and oxygen atoms in total. The number of urea groups is 1. The van der Waals surface area contributed by atoms with Crippen LogP contribution in [-0.4, -0.2) is 40.4 Å². The number of amides is 2. The Morgan fingerprint density at radius 3 is 2.68 bits per heavy atom. The van der Waals surface area contributed by atoms with Gasteiger partial charge in [-0.1, -0.05) is 17.4 Å². The van der Waals surface area contributed by atoms with Gasteiger partial charge in [0.1, 0.15) is 0 Å². The van der Waals surface area contributed by atoms with Gasteiger partial charge in [-0.25, -0.2) is 9.78 Å². The smallest absolute Gasteiger partial charge is 0.321 e. The molecule has 0 aliphatic rings. The molecule has 0 unspecified atom stereocenters. The van der Waals surface area contributed by atoms with E-state index in [1.165, 1.54) is 11.3 Å². The number of fused-ring (bicyclic) bond motifs is 1. The summed E-state index contributed by atoms with van der Waals surface area (Å²) in [5, 5.41) is 5.99. The minimum Gasteiger partial charge on any atom is -0.338 e. The molecule has 9 heteroatoms. The van der Waals surface area contributed by atoms with Crippen molar-refractivity contribution in [2.24, 2.45) is 0 Å². The van der Waals surface area contributed by atoms with E-state index in [0.29, 0.717) is 11.7 Å². The van der Waals surface area contributed by atoms with Crippen LogP contribution in [0.1, 0.15) is 6.92 Å². The number of nitrogens with one attached hydrogen (secondary N) is 2. The molecule has 3 aromatic heterocycles. The molecule has 2 N–H and O–H groups in total. The van der Waals surface area contributed by atoms with Crippen LogP contribution in [0.15, 0.2) is 48.9 Å². The minimum absolute atomic E-state index is 0.219. The Bertz CT molecular complexity index is 1130. The third kappa shape index (κ3) is 3.70. The highest BCUT2D eigenvalue weighted by atomic mass is 32.1. The second-order valence-corrected chi connectivity index (χ2v) is 6.92. The Kier molecular flexibility index (Phi) is 4.99. The number of rotatable bonds is 4. The lowest BCUT2D eigenvalue weighted by atomic mass is 10.0. The van der Waals surface area contributed by atoms with Crippen LogP contribution in [0.25, 0.3) is 32.6 Å². The van der Waals surface area contributed by atoms with Crippen molar-refractivity contribution in [2.45, 2.75) is 6.92 Å². The second kappa shape index (κ2) is 7.73. The first-order chi connectivity index (χ1) is 13.6. The Labute approximate surface area is 166 Å². The molecule has 0 saturated carbocycles. The van der Waals surface area contributed by atoms with Gasteiger partial charge in [-0.3, -0.25) is 20.3 Å². The number of pyridine rings is 1. The van der Waals surface area contributed by atoms with Crippen molar-refractivity contribution >= 4 is 46.3 Å². The predicted molar refractivity (Wildman–Crippen MR) is 112 cm³/mol. The summed E-state index contributed by atoms with van der Waals surface area (Å²) in [4.78, 5) is 29.1. The summed E-state index contributed by atoms with van der Waals surface area (Å²) in [5.41, 5.74) is 4.43. The van der Waals surface area contributed by atoms with Gasteiger partial charge in [-0.15, -0.1) is 0 Å². The number of hydrogen-bond donors (Lipinski definition) is 2. The van der Waals surface area contributed by atoms with Gasteiger partial charge in [0.25, 0.3) is 0 Å². The van der Waals surface area contributed by atoms with Gasteiger partial charge < -0.3 is 5.32 Å². The first kappa shape index (κ1) is 18.1. The molecule has 0 aliphatic heterocycles. The van der Waals surface area contributed by atoms with E-state index in [1.54, 1.807) is 18.6 Å². The van der Waals surface area contributed by atoms with Gasteiger partial charge in [-0.2, -0.15) is 0 Å². The summed E-state index contributed by atoms with van der Waals surface area (Å²) in [6.45, 7) is 2.40. The van der Waals surface area contributed by atoms with E-state index >= 15 is 0 Å². The molecule has 2 amide bonds. The maximum atomic E-state index is 11.9. The molecule has 0 aliphatic carbocycles. The number of aromatic nitrogens is 4. The van der Waals surface area contributed by atoms with Crippen molar-refractivity contribution in [3.8, 4) is 22.4 Å². The third-order valence-electron chi connectivity index (χ3n) is 3.99. The highest BCUT2D eigenvalue weighted by Crippen LogP contribution is 2.37. The summed E-state index contributed by atoms with van der Waals surface area (Å²) in [6, 6.07) is 9.42. The van der Waals surface area contributed by atoms with E-state index in [9.17, 15) is 4.79 Å². The number of carbonyl (C=O) groups is 1. The minimum atomic E-state index is -0.284. The Morgan fingerprint density at radius 2 is 1.96 bits per heavy atom. The Balaban J connectivity index is 1.86. The van der Waals surface area contributed by atoms with Crippen molar-refractivity contribution < 1.29 is 4.79 Å². The van der Waals surface area contributed by atoms with Gasteiger partial charge in [0.2, 0.25) is 0 Å². The second-order valence-electron chi connectivity index (χ2n) is 5.92. The molecule has 3 heterocycles. The molecular weight excluding hydrogens is 371 g/mol. The fraction of sp³-hybridized carbons (Fsp3) is 0.105. The molecule has 28 heavy (non-hydrogen) atoms. The Hall–Kier alpha value is -3.33. The number of anilines is 1. The van der Waals surface area contributed by atoms with Crippen molar-refractivity contribution in [2.75, 3.05) is 11.9 Å². The van der Waals surface area contributed by atoms with Crippen LogP contribution >= 0.6 is 11.3 Å². The molecule has 0 saturated heterocycles. The summed E-state index contributed by atoms with van der Waals surface area (Å²) in [6.07, 6.45) is 5.09. The molecule has 136 valence electrons. The van der Waals surface area contributed by atoms with Crippen LogP contribution in [0.3, 0.4) is 0 Å². The van der Waals surface area contributed by atoms with Crippen LogP contribution < -0.4 is 16.4 Å². The lowest BCUT2D eigenvalue weighted by Crippen LogP contribution is -2.28. The van der Waals surface area contributed by atoms with Gasteiger partial charge in [-0.05, 0) is 36.8 Å². The maximum absolute atomic E-state index is 11.9. The van der Waals surface area contributed by atoms with E-state index < -0.39 is 0 Å². The van der Waals surface area contributed by atoms with Crippen LogP contribution in [0, 0.1) is 0 Å². The summed E-state index contributed by atoms with van der Waals surface area (Å²) >= 11 is 1.40. The van der Waals surface area contributed by atoms with Crippen LogP contribution in [0.2, 0.25) is 0 Å². The molecule has 0 fully saturated rings. The lowest BCUT2D eigenvalue weighted by Gasteiger charge is -2.07. The molecular formula is C19H15BN6OS. The number of nitrogens with zero attached hydrogens (tertiary/aromatic N) is 4. The molecule has 0 atom stereocenters. The fourth-order valence-electron chi connectivity index (χ4n) is 2.75. The molecule has 0 bridgehead atoms. The fourth-order valence-corrected chi connectivity index (χ4v) is 3.72. The van der Waals surface area contributed by atoms with Gasteiger partial charge >= 0.3 is 6.03 Å². The zero-order valence-electron chi connectivity index (χ0n) is 15.0. The Morgan fingerprint density at radius 1 is 1.14 bits per heavy atom. The predicted octanol–water partition coefficient (Wildman–Crippen LogP) is 2.75. The maximum Gasteiger partial charge on any atom is 0.321 e. The highest BCUT2D eigenvalue weighted by Gasteiger charge is 2.15. The van der Waals surface area contributed by atoms with Crippen molar-refractivity contribution in [1.82, 2.24) is 25.3 Å². The first-order valence-electron chi connectivity index (χ1n) is 8.63. The molecule has 4 rings (SSSR count). The van der Waals surface area contributed by atoms with Crippen LogP contribution in [0.5, 0.6) is 0 Å². The highest BCUT2D eigenvalue weighted by molar-refractivity contribution is 7.22. The normalized spacial score (nSPS) is 10.8. The first-order valence-corrected chi connectivity index (χ1v) is 9.44. The zero-order valence-corrected chi connectivity index (χ0v) is 15.8. The van der Waals surface area contributed by atoms with Gasteiger partial charge in [0.15, 0.2) is 13.0 Å². The third-order valence-corrected chi connectivity index (χ3v) is 5.01. The molecule has 4 aromatic rings. The monoisotopic (exact) mass is 386 g/mol. The largest absolute Gasteiger partial charge is 0.338 e. The molecule has 1 aromatic carbocycles. The summed E-state index contributed by atoms with van der Waals surface area (Å²) < 4.78 is 0.936. The number of benzene rings is 1. The molecule has 0 spiro atoms. The number of hydrogen-bond acceptors (Lipinski definition) is 6. The average molecular weight is 386 g/mol. The van der Waals surface area contributed by atoms with E-state index in [0.717, 1.165) is 32.6 Å². The summed E-state index contributed by atoms with van der Waals surface area (Å²) in [5.74, 6) is 0. The lowest BCUT2D eigenvalue weighted by molar-refractivity contribution is 0.252. The molecule has 2 radical (unpaired) electrons. The van der Waals surface area contributed by atoms with Crippen molar-refractivity contribution in [3.63, 3.8) is 0 Å². The standard InChI is InChI=1S/C19H15BN6OS/c1-2-21-18(27)26-19-25-15-8-11(12-9-23-17(20)24-10-12)7-13(16(15)28-19)14-5-3-4-6-22-14/h3-10H,2H2,1H3,(H2,21,25,26,27).